The van der Waals surface area contributed by atoms with Crippen molar-refractivity contribution in [3.8, 4) is 0 Å². The van der Waals surface area contributed by atoms with Crippen molar-refractivity contribution in [1.82, 2.24) is 10.6 Å². The number of amides is 2. The van der Waals surface area contributed by atoms with Crippen molar-refractivity contribution in [2.24, 2.45) is 11.5 Å². The lowest BCUT2D eigenvalue weighted by Crippen LogP contribution is -2.53. The van der Waals surface area contributed by atoms with Crippen LogP contribution in [0.4, 0.5) is 0 Å². The molecule has 0 aromatic rings. The SMILES string of the molecule is CC(C)(C)SSC[C@H](NC(=O)[C@@H](N)CCCCN)C(=O)NCC(=O)O. The molecule has 0 saturated carbocycles. The molecule has 0 aliphatic rings. The van der Waals surface area contributed by atoms with Gasteiger partial charge in [-0.05, 0) is 19.4 Å². The maximum Gasteiger partial charge on any atom is 0.322 e. The van der Waals surface area contributed by atoms with E-state index in [9.17, 15) is 14.4 Å². The summed E-state index contributed by atoms with van der Waals surface area (Å²) in [6.07, 6.45) is 1.99. The molecule has 0 aromatic heterocycles. The number of hydrogen-bond acceptors (Lipinski definition) is 7. The zero-order valence-corrected chi connectivity index (χ0v) is 16.7. The van der Waals surface area contributed by atoms with E-state index in [1.165, 1.54) is 10.8 Å². The fourth-order valence-electron chi connectivity index (χ4n) is 1.67. The molecule has 0 saturated heterocycles. The van der Waals surface area contributed by atoms with Crippen molar-refractivity contribution in [2.75, 3.05) is 18.8 Å². The Kier molecular flexibility index (Phi) is 11.9. The van der Waals surface area contributed by atoms with E-state index in [1.807, 2.05) is 20.8 Å². The smallest absolute Gasteiger partial charge is 0.322 e. The van der Waals surface area contributed by atoms with Crippen LogP contribution in [0, 0.1) is 0 Å². The van der Waals surface area contributed by atoms with E-state index < -0.39 is 36.4 Å². The van der Waals surface area contributed by atoms with Gasteiger partial charge in [0.15, 0.2) is 0 Å². The minimum Gasteiger partial charge on any atom is -0.480 e. The minimum absolute atomic E-state index is 0.00457. The molecule has 2 atom stereocenters. The number of carboxylic acid groups (broad SMARTS) is 1. The highest BCUT2D eigenvalue weighted by atomic mass is 33.1. The molecule has 7 N–H and O–H groups in total. The highest BCUT2D eigenvalue weighted by Crippen LogP contribution is 2.35. The molecule has 0 bridgehead atoms. The zero-order chi connectivity index (χ0) is 19.5. The number of nitrogens with one attached hydrogen (secondary N) is 2. The molecule has 0 unspecified atom stereocenters. The third kappa shape index (κ3) is 13.0. The van der Waals surface area contributed by atoms with Gasteiger partial charge in [0.1, 0.15) is 12.6 Å². The standard InChI is InChI=1S/C15H30N4O4S2/c1-15(2,3)25-24-9-11(14(23)18-8-12(20)21)19-13(22)10(17)6-4-5-7-16/h10-11H,4-9,16-17H2,1-3H3,(H,18,23)(H,19,22)(H,20,21)/t10-,11-/m0/s1. The Bertz CT molecular complexity index is 444. The third-order valence-corrected chi connectivity index (χ3v) is 6.25. The second-order valence-electron chi connectivity index (χ2n) is 6.54. The van der Waals surface area contributed by atoms with Crippen LogP contribution in [0.15, 0.2) is 0 Å². The van der Waals surface area contributed by atoms with Gasteiger partial charge in [-0.1, -0.05) is 48.8 Å². The van der Waals surface area contributed by atoms with E-state index in [4.69, 9.17) is 16.6 Å². The number of hydrogen-bond donors (Lipinski definition) is 5. The van der Waals surface area contributed by atoms with Gasteiger partial charge in [0, 0.05) is 10.5 Å². The van der Waals surface area contributed by atoms with Gasteiger partial charge in [-0.3, -0.25) is 14.4 Å². The van der Waals surface area contributed by atoms with E-state index in [2.05, 4.69) is 10.6 Å². The van der Waals surface area contributed by atoms with Gasteiger partial charge in [0.05, 0.1) is 6.04 Å². The van der Waals surface area contributed by atoms with Crippen LogP contribution in [0.3, 0.4) is 0 Å². The van der Waals surface area contributed by atoms with E-state index in [1.54, 1.807) is 10.8 Å². The molecule has 0 aromatic carbocycles. The molecule has 25 heavy (non-hydrogen) atoms. The summed E-state index contributed by atoms with van der Waals surface area (Å²) in [4.78, 5) is 34.9. The summed E-state index contributed by atoms with van der Waals surface area (Å²) in [5.41, 5.74) is 11.2. The van der Waals surface area contributed by atoms with Crippen LogP contribution in [0.5, 0.6) is 0 Å². The van der Waals surface area contributed by atoms with Crippen molar-refractivity contribution in [3.63, 3.8) is 0 Å². The maximum atomic E-state index is 12.2. The average Bonchev–Trinajstić information content (AvgIpc) is 2.50. The Morgan fingerprint density at radius 3 is 2.32 bits per heavy atom. The number of nitrogens with two attached hydrogens (primary N) is 2. The first-order valence-electron chi connectivity index (χ1n) is 8.13. The summed E-state index contributed by atoms with van der Waals surface area (Å²) < 4.78 is -0.00457. The summed E-state index contributed by atoms with van der Waals surface area (Å²) in [7, 11) is 3.02. The number of carbonyl (C=O) groups excluding carboxylic acids is 2. The number of carboxylic acids is 1. The van der Waals surface area contributed by atoms with Crippen LogP contribution >= 0.6 is 21.6 Å². The van der Waals surface area contributed by atoms with Gasteiger partial charge >= 0.3 is 5.97 Å². The molecule has 146 valence electrons. The first-order chi connectivity index (χ1) is 11.6. The molecular formula is C15H30N4O4S2. The van der Waals surface area contributed by atoms with E-state index in [-0.39, 0.29) is 4.75 Å². The lowest BCUT2D eigenvalue weighted by atomic mass is 10.1. The lowest BCUT2D eigenvalue weighted by Gasteiger charge is -2.22. The fourth-order valence-corrected chi connectivity index (χ4v) is 4.13. The molecule has 0 rings (SSSR count). The molecule has 0 spiro atoms. The first-order valence-corrected chi connectivity index (χ1v) is 10.4. The topological polar surface area (TPSA) is 148 Å². The van der Waals surface area contributed by atoms with Crippen molar-refractivity contribution in [3.05, 3.63) is 0 Å². The largest absolute Gasteiger partial charge is 0.480 e. The Hall–Kier alpha value is -0.970. The highest BCUT2D eigenvalue weighted by molar-refractivity contribution is 8.77. The Morgan fingerprint density at radius 2 is 1.80 bits per heavy atom. The number of carbonyl (C=O) groups is 3. The van der Waals surface area contributed by atoms with Gasteiger partial charge in [-0.15, -0.1) is 0 Å². The van der Waals surface area contributed by atoms with Crippen LogP contribution < -0.4 is 22.1 Å². The Balaban J connectivity index is 4.66. The van der Waals surface area contributed by atoms with Crippen LogP contribution in [0.1, 0.15) is 40.0 Å². The van der Waals surface area contributed by atoms with Gasteiger partial charge in [-0.2, -0.15) is 0 Å². The second kappa shape index (κ2) is 12.4. The van der Waals surface area contributed by atoms with Crippen molar-refractivity contribution < 1.29 is 19.5 Å². The molecule has 0 radical (unpaired) electrons. The molecule has 0 heterocycles. The first kappa shape index (κ1) is 24.0. The summed E-state index contributed by atoms with van der Waals surface area (Å²) in [6.45, 7) is 6.16. The normalized spacial score (nSPS) is 13.8. The van der Waals surface area contributed by atoms with Gasteiger partial charge < -0.3 is 27.2 Å². The van der Waals surface area contributed by atoms with Crippen LogP contribution in [-0.2, 0) is 14.4 Å². The molecule has 0 aliphatic heterocycles. The van der Waals surface area contributed by atoms with E-state index in [0.717, 1.165) is 12.8 Å². The lowest BCUT2D eigenvalue weighted by molar-refractivity contribution is -0.138. The third-order valence-electron chi connectivity index (χ3n) is 2.90. The predicted molar refractivity (Wildman–Crippen MR) is 103 cm³/mol. The number of aliphatic carboxylic acids is 1. The van der Waals surface area contributed by atoms with Crippen LogP contribution in [0.25, 0.3) is 0 Å². The second-order valence-corrected chi connectivity index (χ2v) is 9.71. The van der Waals surface area contributed by atoms with Gasteiger partial charge in [0.25, 0.3) is 0 Å². The van der Waals surface area contributed by atoms with Crippen molar-refractivity contribution in [1.29, 1.82) is 0 Å². The Labute approximate surface area is 157 Å². The number of rotatable bonds is 12. The highest BCUT2D eigenvalue weighted by Gasteiger charge is 2.25. The van der Waals surface area contributed by atoms with Crippen molar-refractivity contribution >= 4 is 39.4 Å². The molecule has 0 aliphatic carbocycles. The molecule has 2 amide bonds. The molecule has 10 heteroatoms. The summed E-state index contributed by atoms with van der Waals surface area (Å²) in [5, 5.41) is 13.6. The summed E-state index contributed by atoms with van der Waals surface area (Å²) >= 11 is 0. The van der Waals surface area contributed by atoms with Gasteiger partial charge in [0.2, 0.25) is 11.8 Å². The zero-order valence-electron chi connectivity index (χ0n) is 15.0. The monoisotopic (exact) mass is 394 g/mol. The van der Waals surface area contributed by atoms with Crippen LogP contribution in [-0.4, -0.2) is 58.6 Å². The van der Waals surface area contributed by atoms with E-state index >= 15 is 0 Å². The number of unbranched alkanes of at least 4 members (excludes halogenated alkanes) is 1. The fraction of sp³-hybridized carbons (Fsp3) is 0.800. The molecule has 8 nitrogen and oxygen atoms in total. The molecular weight excluding hydrogens is 364 g/mol. The minimum atomic E-state index is -1.14. The molecule has 0 fully saturated rings. The predicted octanol–water partition coefficient (Wildman–Crippen LogP) is 0.308. The van der Waals surface area contributed by atoms with Gasteiger partial charge in [-0.25, -0.2) is 0 Å². The Morgan fingerprint density at radius 1 is 1.16 bits per heavy atom. The van der Waals surface area contributed by atoms with Crippen molar-refractivity contribution in [2.45, 2.75) is 56.9 Å². The van der Waals surface area contributed by atoms with Crippen LogP contribution in [0.2, 0.25) is 0 Å². The quantitative estimate of drug-likeness (QED) is 0.235. The summed E-state index contributed by atoms with van der Waals surface area (Å²) in [6, 6.07) is -1.56. The average molecular weight is 395 g/mol. The van der Waals surface area contributed by atoms with E-state index in [0.29, 0.717) is 18.7 Å². The summed E-state index contributed by atoms with van der Waals surface area (Å²) in [5.74, 6) is -1.79. The maximum absolute atomic E-state index is 12.2.